The predicted octanol–water partition coefficient (Wildman–Crippen LogP) is 2.93. The summed E-state index contributed by atoms with van der Waals surface area (Å²) in [7, 11) is 0. The highest BCUT2D eigenvalue weighted by atomic mass is 127. The van der Waals surface area contributed by atoms with Crippen molar-refractivity contribution in [2.24, 2.45) is 0 Å². The lowest BCUT2D eigenvalue weighted by Crippen LogP contribution is -1.82. The van der Waals surface area contributed by atoms with E-state index in [0.29, 0.717) is 0 Å². The number of halogens is 3. The summed E-state index contributed by atoms with van der Waals surface area (Å²) in [5.74, 6) is 0. The molecule has 5 heavy (non-hydrogen) atoms. The van der Waals surface area contributed by atoms with Crippen LogP contribution >= 0.6 is 61.1 Å². The molecule has 0 radical (unpaired) electrons. The van der Waals surface area contributed by atoms with E-state index in [1.807, 2.05) is 0 Å². The fourth-order valence-electron chi connectivity index (χ4n) is 0. The maximum absolute atomic E-state index is 3.35. The van der Waals surface area contributed by atoms with Crippen molar-refractivity contribution in [3.63, 3.8) is 0 Å². The second-order valence-electron chi connectivity index (χ2n) is 0.781. The Bertz CT molecular complexity index is 23.1. The maximum Gasteiger partial charge on any atom is 0.125 e. The molecule has 0 aromatic rings. The quantitative estimate of drug-likeness (QED) is 0.460. The molecule has 0 heterocycles. The van der Waals surface area contributed by atoms with Gasteiger partial charge >= 0.3 is 0 Å². The highest BCUT2D eigenvalue weighted by molar-refractivity contribution is 14.2. The van der Waals surface area contributed by atoms with Gasteiger partial charge in [-0.25, -0.2) is 0 Å². The highest BCUT2D eigenvalue weighted by Gasteiger charge is 2.04. The summed E-state index contributed by atoms with van der Waals surface area (Å²) in [5.41, 5.74) is 0. The van der Waals surface area contributed by atoms with Gasteiger partial charge in [-0.15, -0.1) is 0 Å². The van der Waals surface area contributed by atoms with Crippen LogP contribution in [0.4, 0.5) is 0 Å². The summed E-state index contributed by atoms with van der Waals surface area (Å²) in [5, 5.41) is 0. The lowest BCUT2D eigenvalue weighted by Gasteiger charge is -1.96. The summed E-state index contributed by atoms with van der Waals surface area (Å²) in [4.78, 5) is 0. The molecule has 0 N–H and O–H groups in total. The molecule has 0 atom stereocenters. The lowest BCUT2D eigenvalue weighted by molar-refractivity contribution is 1.47. The summed E-state index contributed by atoms with van der Waals surface area (Å²) >= 11 is 7.91. The fourth-order valence-corrected chi connectivity index (χ4v) is 0. The van der Waals surface area contributed by atoms with Gasteiger partial charge in [0.1, 0.15) is 0.338 Å². The van der Waals surface area contributed by atoms with E-state index in [4.69, 9.17) is 0 Å². The second kappa shape index (κ2) is 2.30. The van der Waals surface area contributed by atoms with Gasteiger partial charge in [-0.2, -0.15) is 0 Å². The smallest absolute Gasteiger partial charge is 0.0623 e. The van der Waals surface area contributed by atoms with Crippen LogP contribution in [0.15, 0.2) is 0 Å². The van der Waals surface area contributed by atoms with E-state index in [9.17, 15) is 0 Å². The third kappa shape index (κ3) is 24.5. The van der Waals surface area contributed by atoms with Crippen LogP contribution in [0.25, 0.3) is 0 Å². The van der Waals surface area contributed by atoms with Gasteiger partial charge in [0.05, 0.1) is 0 Å². The topological polar surface area (TPSA) is 0 Å². The Balaban J connectivity index is 3.02. The summed E-state index contributed by atoms with van der Waals surface area (Å²) in [6.45, 7) is 2.08. The Kier molecular flexibility index (Phi) is 3.19. The Morgan fingerprint density at radius 2 is 1.60 bits per heavy atom. The minimum atomic E-state index is 0.252. The molecule has 0 saturated heterocycles. The molecule has 0 aliphatic rings. The van der Waals surface area contributed by atoms with Crippen LogP contribution in [0.1, 0.15) is 6.92 Å². The molecular weight excluding hydrogens is 358 g/mol. The largest absolute Gasteiger partial charge is 0.125 e. The molecule has 0 nitrogen and oxygen atoms in total. The zero-order valence-electron chi connectivity index (χ0n) is 2.63. The van der Waals surface area contributed by atoms with E-state index in [1.54, 1.807) is 0 Å². The van der Waals surface area contributed by atoms with E-state index in [1.165, 1.54) is 0 Å². The van der Waals surface area contributed by atoms with Crippen LogP contribution in [0, 0.1) is 0 Å². The molecule has 0 saturated carbocycles. The molecule has 3 heteroatoms. The number of rotatable bonds is 0. The average molecular weight is 361 g/mol. The van der Waals surface area contributed by atoms with Crippen molar-refractivity contribution in [2.75, 3.05) is 0 Å². The average Bonchev–Trinajstić information content (AvgIpc) is 0.722. The van der Waals surface area contributed by atoms with E-state index < -0.39 is 0 Å². The summed E-state index contributed by atoms with van der Waals surface area (Å²) < 4.78 is 0.252. The van der Waals surface area contributed by atoms with Crippen LogP contribution in [0.2, 0.25) is 0 Å². The predicted molar refractivity (Wildman–Crippen MR) is 45.4 cm³/mol. The van der Waals surface area contributed by atoms with E-state index in [2.05, 4.69) is 68.0 Å². The first kappa shape index (κ1) is 6.94. The van der Waals surface area contributed by atoms with Crippen LogP contribution in [-0.2, 0) is 0 Å². The molecule has 32 valence electrons. The van der Waals surface area contributed by atoms with Crippen molar-refractivity contribution in [2.45, 2.75) is 7.26 Å². The lowest BCUT2D eigenvalue weighted by atomic mass is 11.0. The fraction of sp³-hybridized carbons (Fsp3) is 1.00. The third-order valence-electron chi connectivity index (χ3n) is 0. The van der Waals surface area contributed by atoms with Crippen molar-refractivity contribution in [1.29, 1.82) is 0 Å². The van der Waals surface area contributed by atoms with E-state index in [0.717, 1.165) is 0 Å². The van der Waals surface area contributed by atoms with Gasteiger partial charge in [0, 0.05) is 0 Å². The van der Waals surface area contributed by atoms with Gasteiger partial charge in [-0.05, 0) is 6.92 Å². The second-order valence-corrected chi connectivity index (χ2v) is 11.7. The first-order valence-corrected chi connectivity index (χ1v) is 4.02. The molecule has 0 amide bonds. The van der Waals surface area contributed by atoms with Crippen LogP contribution in [0.5, 0.6) is 0 Å². The summed E-state index contributed by atoms with van der Waals surface area (Å²) in [6, 6.07) is 0. The van der Waals surface area contributed by atoms with Crippen LogP contribution < -0.4 is 0 Å². The van der Waals surface area contributed by atoms with Gasteiger partial charge in [-0.3, -0.25) is 0 Å². The highest BCUT2D eigenvalue weighted by Crippen LogP contribution is 2.32. The molecule has 0 aliphatic carbocycles. The van der Waals surface area contributed by atoms with Crippen molar-refractivity contribution in [3.8, 4) is 0 Å². The Morgan fingerprint density at radius 3 is 1.60 bits per heavy atom. The standard InChI is InChI=1S/C2H3BrI2/c1-2(3,4)5/h1H3. The van der Waals surface area contributed by atoms with Gasteiger partial charge in [0.2, 0.25) is 0 Å². The van der Waals surface area contributed by atoms with Crippen LogP contribution in [0.3, 0.4) is 0 Å². The van der Waals surface area contributed by atoms with Gasteiger partial charge in [0.15, 0.2) is 0 Å². The van der Waals surface area contributed by atoms with Gasteiger partial charge < -0.3 is 0 Å². The number of alkyl halides is 3. The normalized spacial score (nSPS) is 12.0. The molecule has 0 rings (SSSR count). The molecular formula is C2H3BrI2. The van der Waals surface area contributed by atoms with Crippen molar-refractivity contribution in [3.05, 3.63) is 0 Å². The van der Waals surface area contributed by atoms with Gasteiger partial charge in [-0.1, -0.05) is 61.1 Å². The van der Waals surface area contributed by atoms with E-state index >= 15 is 0 Å². The zero-order chi connectivity index (χ0) is 4.50. The van der Waals surface area contributed by atoms with Crippen molar-refractivity contribution < 1.29 is 0 Å². The molecule has 0 aromatic heterocycles. The third-order valence-corrected chi connectivity index (χ3v) is 0. The zero-order valence-corrected chi connectivity index (χ0v) is 8.53. The van der Waals surface area contributed by atoms with Crippen molar-refractivity contribution >= 4 is 61.1 Å². The molecule has 0 unspecified atom stereocenters. The first-order valence-electron chi connectivity index (χ1n) is 1.07. The molecule has 0 aromatic carbocycles. The summed E-state index contributed by atoms with van der Waals surface area (Å²) in [6.07, 6.45) is 0. The minimum absolute atomic E-state index is 0.252. The first-order chi connectivity index (χ1) is 2.00. The van der Waals surface area contributed by atoms with Crippen LogP contribution in [-0.4, -0.2) is 0.338 Å². The molecule has 0 bridgehead atoms. The maximum atomic E-state index is 3.35. The Hall–Kier alpha value is 1.94. The van der Waals surface area contributed by atoms with Gasteiger partial charge in [0.25, 0.3) is 0 Å². The number of hydrogen-bond acceptors (Lipinski definition) is 0. The van der Waals surface area contributed by atoms with Crippen molar-refractivity contribution in [1.82, 2.24) is 0 Å². The molecule has 0 fully saturated rings. The number of hydrogen-bond donors (Lipinski definition) is 0. The SMILES string of the molecule is CC(Br)(I)I. The Labute approximate surface area is 67.5 Å². The Morgan fingerprint density at radius 1 is 1.60 bits per heavy atom. The molecule has 0 aliphatic heterocycles. The monoisotopic (exact) mass is 360 g/mol. The van der Waals surface area contributed by atoms with E-state index in [-0.39, 0.29) is 0.338 Å². The minimum Gasteiger partial charge on any atom is -0.0623 e. The molecule has 0 spiro atoms.